The summed E-state index contributed by atoms with van der Waals surface area (Å²) in [6.45, 7) is 0.257. The Hall–Kier alpha value is -2.29. The number of ether oxygens (including phenoxy) is 2. The van der Waals surface area contributed by atoms with Crippen LogP contribution in [0.1, 0.15) is 21.5 Å². The van der Waals surface area contributed by atoms with E-state index < -0.39 is 0 Å². The number of carbonyl (C=O) groups is 1. The molecule has 0 saturated heterocycles. The average Bonchev–Trinajstić information content (AvgIpc) is 2.74. The molecule has 0 heterocycles. The lowest BCUT2D eigenvalue weighted by atomic mass is 10.2. The third-order valence-corrected chi connectivity index (χ3v) is 5.46. The van der Waals surface area contributed by atoms with Crippen molar-refractivity contribution >= 4 is 57.9 Å². The minimum atomic E-state index is -0.300. The maximum absolute atomic E-state index is 12.3. The molecule has 0 spiro atoms. The largest absolute Gasteiger partial charge is 0.493 e. The number of hydrogen-bond donors (Lipinski definition) is 1. The Morgan fingerprint density at radius 1 is 1.10 bits per heavy atom. The number of methoxy groups -OCH3 is 1. The second kappa shape index (κ2) is 10.7. The van der Waals surface area contributed by atoms with Crippen LogP contribution in [0.25, 0.3) is 0 Å². The quantitative estimate of drug-likeness (QED) is 0.223. The summed E-state index contributed by atoms with van der Waals surface area (Å²) >= 11 is 14.2. The molecule has 3 rings (SSSR count). The van der Waals surface area contributed by atoms with E-state index in [-0.39, 0.29) is 12.5 Å². The third-order valence-electron chi connectivity index (χ3n) is 4.05. The van der Waals surface area contributed by atoms with E-state index in [1.54, 1.807) is 37.4 Å². The molecule has 0 saturated carbocycles. The summed E-state index contributed by atoms with van der Waals surface area (Å²) in [7, 11) is 1.56. The van der Waals surface area contributed by atoms with Crippen LogP contribution < -0.4 is 14.9 Å². The molecule has 0 unspecified atom stereocenters. The molecule has 3 aromatic rings. The highest BCUT2D eigenvalue weighted by molar-refractivity contribution is 14.1. The van der Waals surface area contributed by atoms with Crippen molar-refractivity contribution in [3.05, 3.63) is 91.0 Å². The zero-order chi connectivity index (χ0) is 21.5. The lowest BCUT2D eigenvalue weighted by molar-refractivity contribution is 0.0955. The summed E-state index contributed by atoms with van der Waals surface area (Å²) in [6.07, 6.45) is 1.51. The fourth-order valence-electron chi connectivity index (χ4n) is 2.59. The van der Waals surface area contributed by atoms with Gasteiger partial charge in [0.05, 0.1) is 23.4 Å². The van der Waals surface area contributed by atoms with Crippen molar-refractivity contribution in [2.75, 3.05) is 7.11 Å². The molecule has 0 fully saturated rings. The first-order valence-corrected chi connectivity index (χ1v) is 10.6. The summed E-state index contributed by atoms with van der Waals surface area (Å²) in [5.74, 6) is 0.743. The zero-order valence-corrected chi connectivity index (χ0v) is 19.5. The van der Waals surface area contributed by atoms with Gasteiger partial charge in [0.25, 0.3) is 5.91 Å². The molecule has 0 aliphatic heterocycles. The molecular weight excluding hydrogens is 538 g/mol. The summed E-state index contributed by atoms with van der Waals surface area (Å²) in [6, 6.07) is 17.9. The van der Waals surface area contributed by atoms with Gasteiger partial charge in [-0.1, -0.05) is 41.4 Å². The maximum atomic E-state index is 12.3. The minimum absolute atomic E-state index is 0.257. The molecule has 5 nitrogen and oxygen atoms in total. The number of para-hydroxylation sites is 1. The van der Waals surface area contributed by atoms with Crippen molar-refractivity contribution in [2.45, 2.75) is 6.61 Å². The predicted octanol–water partition coefficient (Wildman–Crippen LogP) is 5.95. The molecule has 1 amide bonds. The molecule has 0 radical (unpaired) electrons. The molecule has 0 atom stereocenters. The van der Waals surface area contributed by atoms with Gasteiger partial charge in [-0.25, -0.2) is 5.43 Å². The van der Waals surface area contributed by atoms with Gasteiger partial charge in [0, 0.05) is 14.7 Å². The lowest BCUT2D eigenvalue weighted by Gasteiger charge is -2.13. The molecular formula is C22H17Cl2IN2O3. The third kappa shape index (κ3) is 5.87. The van der Waals surface area contributed by atoms with E-state index in [4.69, 9.17) is 32.7 Å². The molecule has 1 N–H and O–H groups in total. The Balaban J connectivity index is 1.75. The number of nitrogens with zero attached hydrogens (tertiary/aromatic N) is 1. The second-order valence-corrected chi connectivity index (χ2v) is 8.19. The Bertz CT molecular complexity index is 1090. The summed E-state index contributed by atoms with van der Waals surface area (Å²) in [5.41, 5.74) is 4.56. The van der Waals surface area contributed by atoms with Crippen LogP contribution in [0, 0.1) is 3.57 Å². The number of rotatable bonds is 7. The molecule has 0 aliphatic rings. The SMILES string of the molecule is COc1cccc(/C=N\NC(=O)c2cccc(I)c2)c1OCc1ccc(Cl)c(Cl)c1. The number of halogens is 3. The molecule has 154 valence electrons. The van der Waals surface area contributed by atoms with Crippen molar-refractivity contribution in [3.63, 3.8) is 0 Å². The van der Waals surface area contributed by atoms with Gasteiger partial charge in [0.1, 0.15) is 6.61 Å². The van der Waals surface area contributed by atoms with Crippen LogP contribution in [0.4, 0.5) is 0 Å². The first kappa shape index (κ1) is 22.4. The Labute approximate surface area is 198 Å². The summed E-state index contributed by atoms with van der Waals surface area (Å²) in [5, 5.41) is 5.00. The summed E-state index contributed by atoms with van der Waals surface area (Å²) < 4.78 is 12.3. The van der Waals surface area contributed by atoms with E-state index >= 15 is 0 Å². The Morgan fingerprint density at radius 2 is 1.90 bits per heavy atom. The van der Waals surface area contributed by atoms with Gasteiger partial charge >= 0.3 is 0 Å². The number of hydrogen-bond acceptors (Lipinski definition) is 4. The van der Waals surface area contributed by atoms with Crippen LogP contribution in [0.2, 0.25) is 10.0 Å². The fraction of sp³-hybridized carbons (Fsp3) is 0.0909. The number of hydrazone groups is 1. The number of benzene rings is 3. The fourth-order valence-corrected chi connectivity index (χ4v) is 3.45. The van der Waals surface area contributed by atoms with Crippen LogP contribution in [0.5, 0.6) is 11.5 Å². The number of amides is 1. The number of carbonyl (C=O) groups excluding carboxylic acids is 1. The van der Waals surface area contributed by atoms with Crippen molar-refractivity contribution in [2.24, 2.45) is 5.10 Å². The van der Waals surface area contributed by atoms with Gasteiger partial charge in [0.2, 0.25) is 0 Å². The highest BCUT2D eigenvalue weighted by Gasteiger charge is 2.11. The van der Waals surface area contributed by atoms with Crippen LogP contribution in [0.3, 0.4) is 0 Å². The average molecular weight is 555 g/mol. The van der Waals surface area contributed by atoms with E-state index in [9.17, 15) is 4.79 Å². The first-order valence-electron chi connectivity index (χ1n) is 8.80. The van der Waals surface area contributed by atoms with Gasteiger partial charge < -0.3 is 9.47 Å². The molecule has 0 aromatic heterocycles. The molecule has 30 heavy (non-hydrogen) atoms. The lowest BCUT2D eigenvalue weighted by Crippen LogP contribution is -2.17. The second-order valence-electron chi connectivity index (χ2n) is 6.13. The molecule has 0 aliphatic carbocycles. The van der Waals surface area contributed by atoms with Crippen molar-refractivity contribution in [1.82, 2.24) is 5.43 Å². The first-order chi connectivity index (χ1) is 14.5. The maximum Gasteiger partial charge on any atom is 0.271 e. The normalized spacial score (nSPS) is 10.8. The van der Waals surface area contributed by atoms with Crippen molar-refractivity contribution in [1.29, 1.82) is 0 Å². The number of nitrogens with one attached hydrogen (secondary N) is 1. The standard InChI is InChI=1S/C22H17Cl2IN2O3/c1-29-20-7-3-5-16(12-26-27-22(28)15-4-2-6-17(25)11-15)21(20)30-13-14-8-9-18(23)19(24)10-14/h2-12H,13H2,1H3,(H,27,28)/b26-12-. The van der Waals surface area contributed by atoms with Gasteiger partial charge in [0.15, 0.2) is 11.5 Å². The van der Waals surface area contributed by atoms with E-state index in [0.717, 1.165) is 9.13 Å². The molecule has 3 aromatic carbocycles. The topological polar surface area (TPSA) is 59.9 Å². The van der Waals surface area contributed by atoms with Gasteiger partial charge in [-0.15, -0.1) is 0 Å². The van der Waals surface area contributed by atoms with E-state index in [1.807, 2.05) is 30.3 Å². The monoisotopic (exact) mass is 554 g/mol. The smallest absolute Gasteiger partial charge is 0.271 e. The van der Waals surface area contributed by atoms with Crippen LogP contribution in [0.15, 0.2) is 65.8 Å². The van der Waals surface area contributed by atoms with Crippen LogP contribution >= 0.6 is 45.8 Å². The highest BCUT2D eigenvalue weighted by Crippen LogP contribution is 2.31. The molecule has 8 heteroatoms. The highest BCUT2D eigenvalue weighted by atomic mass is 127. The van der Waals surface area contributed by atoms with E-state index in [0.29, 0.717) is 32.7 Å². The zero-order valence-electron chi connectivity index (χ0n) is 15.9. The van der Waals surface area contributed by atoms with Gasteiger partial charge in [-0.05, 0) is 70.6 Å². The summed E-state index contributed by atoms with van der Waals surface area (Å²) in [4.78, 5) is 12.3. The van der Waals surface area contributed by atoms with Crippen molar-refractivity contribution in [3.8, 4) is 11.5 Å². The molecule has 0 bridgehead atoms. The van der Waals surface area contributed by atoms with Crippen LogP contribution in [-0.2, 0) is 6.61 Å². The minimum Gasteiger partial charge on any atom is -0.493 e. The van der Waals surface area contributed by atoms with Crippen molar-refractivity contribution < 1.29 is 14.3 Å². The van der Waals surface area contributed by atoms with E-state index in [1.165, 1.54) is 6.21 Å². The predicted molar refractivity (Wildman–Crippen MR) is 128 cm³/mol. The van der Waals surface area contributed by atoms with Gasteiger partial charge in [-0.2, -0.15) is 5.10 Å². The van der Waals surface area contributed by atoms with Gasteiger partial charge in [-0.3, -0.25) is 4.79 Å². The van der Waals surface area contributed by atoms with E-state index in [2.05, 4.69) is 33.1 Å². The Morgan fingerprint density at radius 3 is 2.63 bits per heavy atom. The van der Waals surface area contributed by atoms with Crippen LogP contribution in [-0.4, -0.2) is 19.2 Å². The Kier molecular flexibility index (Phi) is 7.95.